The van der Waals surface area contributed by atoms with Gasteiger partial charge in [-0.15, -0.1) is 0 Å². The van der Waals surface area contributed by atoms with Gasteiger partial charge in [-0.05, 0) is 51.7 Å². The molecular formula is C19H25ClN4O2. The average molecular weight is 377 g/mol. The van der Waals surface area contributed by atoms with Gasteiger partial charge in [-0.1, -0.05) is 22.8 Å². The summed E-state index contributed by atoms with van der Waals surface area (Å²) in [5.74, 6) is 0.983. The summed E-state index contributed by atoms with van der Waals surface area (Å²) in [4.78, 5) is 20.3. The van der Waals surface area contributed by atoms with Crippen molar-refractivity contribution in [1.29, 1.82) is 0 Å². The van der Waals surface area contributed by atoms with Crippen LogP contribution in [0.4, 0.5) is 0 Å². The molecule has 0 aliphatic carbocycles. The summed E-state index contributed by atoms with van der Waals surface area (Å²) < 4.78 is 5.38. The summed E-state index contributed by atoms with van der Waals surface area (Å²) in [6.07, 6.45) is 3.95. The zero-order valence-electron chi connectivity index (χ0n) is 15.9. The van der Waals surface area contributed by atoms with Crippen LogP contribution in [0.1, 0.15) is 18.3 Å². The molecule has 1 aromatic carbocycles. The third kappa shape index (κ3) is 5.41. The molecule has 0 fully saturated rings. The Morgan fingerprint density at radius 3 is 2.73 bits per heavy atom. The van der Waals surface area contributed by atoms with Gasteiger partial charge in [-0.25, -0.2) is 0 Å². The molecule has 1 heterocycles. The zero-order valence-corrected chi connectivity index (χ0v) is 16.6. The molecule has 6 nitrogen and oxygen atoms in total. The van der Waals surface area contributed by atoms with E-state index in [0.717, 1.165) is 17.7 Å². The first kappa shape index (κ1) is 20.1. The van der Waals surface area contributed by atoms with Crippen LogP contribution in [0, 0.1) is 6.92 Å². The van der Waals surface area contributed by atoms with Gasteiger partial charge in [0.05, 0.1) is 0 Å². The van der Waals surface area contributed by atoms with Crippen LogP contribution in [0.25, 0.3) is 11.5 Å². The number of halogens is 1. The molecule has 0 N–H and O–H groups in total. The van der Waals surface area contributed by atoms with E-state index in [-0.39, 0.29) is 11.9 Å². The first-order chi connectivity index (χ1) is 12.3. The molecule has 1 unspecified atom stereocenters. The standard InChI is InChI=1S/C19H25ClN4O2/c1-13-11-15(20)8-9-16(13)19-21-17(22-26-19)12-14(2)24(5)18(25)7-6-10-23(3)4/h6-9,11,14H,10,12H2,1-5H3/b7-6+. The van der Waals surface area contributed by atoms with Crippen LogP contribution < -0.4 is 0 Å². The molecule has 2 aromatic rings. The van der Waals surface area contributed by atoms with Gasteiger partial charge in [-0.3, -0.25) is 4.79 Å². The lowest BCUT2D eigenvalue weighted by molar-refractivity contribution is -0.126. The number of carbonyl (C=O) groups is 1. The number of aromatic nitrogens is 2. The van der Waals surface area contributed by atoms with Crippen LogP contribution >= 0.6 is 11.6 Å². The monoisotopic (exact) mass is 376 g/mol. The zero-order chi connectivity index (χ0) is 19.3. The van der Waals surface area contributed by atoms with Gasteiger partial charge in [0, 0.05) is 42.7 Å². The van der Waals surface area contributed by atoms with Crippen LogP contribution in [0.3, 0.4) is 0 Å². The molecule has 1 amide bonds. The first-order valence-electron chi connectivity index (χ1n) is 8.45. The van der Waals surface area contributed by atoms with Crippen molar-refractivity contribution in [1.82, 2.24) is 19.9 Å². The van der Waals surface area contributed by atoms with E-state index in [1.54, 1.807) is 24.1 Å². The van der Waals surface area contributed by atoms with E-state index in [0.29, 0.717) is 23.2 Å². The fraction of sp³-hybridized carbons (Fsp3) is 0.421. The Bertz CT molecular complexity index is 786. The minimum Gasteiger partial charge on any atom is -0.339 e. The maximum atomic E-state index is 12.2. The molecule has 0 saturated carbocycles. The lowest BCUT2D eigenvalue weighted by Gasteiger charge is -2.22. The number of benzene rings is 1. The molecule has 1 atom stereocenters. The van der Waals surface area contributed by atoms with Crippen LogP contribution in [-0.2, 0) is 11.2 Å². The third-order valence-electron chi connectivity index (χ3n) is 4.10. The highest BCUT2D eigenvalue weighted by Crippen LogP contribution is 2.24. The summed E-state index contributed by atoms with van der Waals surface area (Å²) in [7, 11) is 5.69. The minimum absolute atomic E-state index is 0.0448. The molecule has 0 aliphatic rings. The van der Waals surface area contributed by atoms with E-state index in [4.69, 9.17) is 16.1 Å². The van der Waals surface area contributed by atoms with Crippen molar-refractivity contribution < 1.29 is 9.32 Å². The van der Waals surface area contributed by atoms with Gasteiger partial charge in [0.15, 0.2) is 5.82 Å². The van der Waals surface area contributed by atoms with Gasteiger partial charge in [0.2, 0.25) is 5.91 Å². The number of amides is 1. The van der Waals surface area contributed by atoms with Crippen molar-refractivity contribution >= 4 is 17.5 Å². The number of rotatable bonds is 7. The average Bonchev–Trinajstić information content (AvgIpc) is 3.01. The molecule has 2 rings (SSSR count). The molecule has 0 spiro atoms. The van der Waals surface area contributed by atoms with E-state index < -0.39 is 0 Å². The predicted octanol–water partition coefficient (Wildman–Crippen LogP) is 3.21. The van der Waals surface area contributed by atoms with E-state index in [2.05, 4.69) is 10.1 Å². The Balaban J connectivity index is 2.01. The van der Waals surface area contributed by atoms with Gasteiger partial charge in [0.25, 0.3) is 5.89 Å². The lowest BCUT2D eigenvalue weighted by Crippen LogP contribution is -2.35. The highest BCUT2D eigenvalue weighted by molar-refractivity contribution is 6.30. The van der Waals surface area contributed by atoms with Gasteiger partial charge < -0.3 is 14.3 Å². The quantitative estimate of drug-likeness (QED) is 0.694. The molecule has 0 bridgehead atoms. The summed E-state index contributed by atoms with van der Waals surface area (Å²) >= 11 is 5.98. The summed E-state index contributed by atoms with van der Waals surface area (Å²) in [6.45, 7) is 4.63. The topological polar surface area (TPSA) is 62.5 Å². The lowest BCUT2D eigenvalue weighted by atomic mass is 10.1. The third-order valence-corrected chi connectivity index (χ3v) is 4.34. The number of hydrogen-bond donors (Lipinski definition) is 0. The van der Waals surface area contributed by atoms with Crippen molar-refractivity contribution in [3.63, 3.8) is 0 Å². The van der Waals surface area contributed by atoms with E-state index in [9.17, 15) is 4.79 Å². The van der Waals surface area contributed by atoms with Crippen LogP contribution in [-0.4, -0.2) is 59.6 Å². The maximum absolute atomic E-state index is 12.2. The number of nitrogens with zero attached hydrogens (tertiary/aromatic N) is 4. The highest BCUT2D eigenvalue weighted by atomic mass is 35.5. The van der Waals surface area contributed by atoms with Crippen molar-refractivity contribution in [2.24, 2.45) is 0 Å². The number of carbonyl (C=O) groups excluding carboxylic acids is 1. The van der Waals surface area contributed by atoms with Gasteiger partial charge >= 0.3 is 0 Å². The summed E-state index contributed by atoms with van der Waals surface area (Å²) in [6, 6.07) is 5.46. The van der Waals surface area contributed by atoms with Gasteiger partial charge in [-0.2, -0.15) is 4.98 Å². The first-order valence-corrected chi connectivity index (χ1v) is 8.83. The van der Waals surface area contributed by atoms with Crippen LogP contribution in [0.2, 0.25) is 5.02 Å². The predicted molar refractivity (Wildman–Crippen MR) is 103 cm³/mol. The summed E-state index contributed by atoms with van der Waals surface area (Å²) in [5.41, 5.74) is 1.83. The van der Waals surface area contributed by atoms with Crippen molar-refractivity contribution in [3.8, 4) is 11.5 Å². The number of likely N-dealkylation sites (N-methyl/N-ethyl adjacent to an activating group) is 2. The Morgan fingerprint density at radius 2 is 2.08 bits per heavy atom. The van der Waals surface area contributed by atoms with Gasteiger partial charge in [0.1, 0.15) is 0 Å². The number of hydrogen-bond acceptors (Lipinski definition) is 5. The number of aryl methyl sites for hydroxylation is 1. The second-order valence-electron chi connectivity index (χ2n) is 6.64. The van der Waals surface area contributed by atoms with E-state index in [1.807, 2.05) is 51.1 Å². The Labute approximate surface area is 159 Å². The van der Waals surface area contributed by atoms with E-state index >= 15 is 0 Å². The minimum atomic E-state index is -0.0525. The van der Waals surface area contributed by atoms with Crippen molar-refractivity contribution in [2.45, 2.75) is 26.3 Å². The second kappa shape index (κ2) is 8.96. The Kier molecular flexibility index (Phi) is 6.94. The molecular weight excluding hydrogens is 352 g/mol. The smallest absolute Gasteiger partial charge is 0.258 e. The second-order valence-corrected chi connectivity index (χ2v) is 7.08. The Hall–Kier alpha value is -2.18. The molecule has 26 heavy (non-hydrogen) atoms. The molecule has 0 saturated heterocycles. The normalized spacial score (nSPS) is 12.7. The highest BCUT2D eigenvalue weighted by Gasteiger charge is 2.18. The molecule has 1 aromatic heterocycles. The summed E-state index contributed by atoms with van der Waals surface area (Å²) in [5, 5.41) is 4.71. The van der Waals surface area contributed by atoms with E-state index in [1.165, 1.54) is 0 Å². The maximum Gasteiger partial charge on any atom is 0.258 e. The fourth-order valence-corrected chi connectivity index (χ4v) is 2.64. The molecule has 7 heteroatoms. The van der Waals surface area contributed by atoms with Crippen molar-refractivity contribution in [2.75, 3.05) is 27.7 Å². The SMILES string of the molecule is Cc1cc(Cl)ccc1-c1nc(CC(C)N(C)C(=O)/C=C/CN(C)C)no1. The molecule has 140 valence electrons. The molecule has 0 aliphatic heterocycles. The fourth-order valence-electron chi connectivity index (χ4n) is 2.41. The largest absolute Gasteiger partial charge is 0.339 e. The van der Waals surface area contributed by atoms with Crippen LogP contribution in [0.15, 0.2) is 34.9 Å². The van der Waals surface area contributed by atoms with Crippen LogP contribution in [0.5, 0.6) is 0 Å². The Morgan fingerprint density at radius 1 is 1.35 bits per heavy atom. The van der Waals surface area contributed by atoms with Crippen molar-refractivity contribution in [3.05, 3.63) is 46.8 Å². The molecule has 0 radical (unpaired) electrons.